The number of hydrogen-bond donors (Lipinski definition) is 0. The van der Waals surface area contributed by atoms with Crippen LogP contribution in [0, 0.1) is 5.92 Å². The second-order valence-corrected chi connectivity index (χ2v) is 2.00. The maximum absolute atomic E-state index is 9.92. The zero-order valence-electron chi connectivity index (χ0n) is 5.71. The first-order valence-corrected chi connectivity index (χ1v) is 3.04. The van der Waals surface area contributed by atoms with Crippen LogP contribution in [0.15, 0.2) is 24.8 Å². The van der Waals surface area contributed by atoms with Gasteiger partial charge in [-0.15, -0.1) is 0 Å². The second-order valence-electron chi connectivity index (χ2n) is 2.00. The van der Waals surface area contributed by atoms with Crippen LogP contribution in [0.3, 0.4) is 0 Å². The van der Waals surface area contributed by atoms with Gasteiger partial charge in [-0.1, -0.05) is 31.7 Å². The van der Waals surface area contributed by atoms with E-state index in [2.05, 4.69) is 6.58 Å². The largest absolute Gasteiger partial charge is 0.303 e. The molecule has 0 bridgehead atoms. The maximum atomic E-state index is 9.92. The lowest BCUT2D eigenvalue weighted by atomic mass is 10.1. The SMILES string of the molecule is C=C/C=C\C(C)CC=O. The van der Waals surface area contributed by atoms with Crippen molar-refractivity contribution in [2.75, 3.05) is 0 Å². The molecule has 0 saturated heterocycles. The highest BCUT2D eigenvalue weighted by Gasteiger charge is 1.91. The van der Waals surface area contributed by atoms with Gasteiger partial charge in [0.05, 0.1) is 0 Å². The van der Waals surface area contributed by atoms with Crippen LogP contribution in [0.2, 0.25) is 0 Å². The minimum Gasteiger partial charge on any atom is -0.303 e. The molecule has 0 aromatic rings. The summed E-state index contributed by atoms with van der Waals surface area (Å²) in [5.74, 6) is 0.348. The van der Waals surface area contributed by atoms with Crippen LogP contribution in [0.25, 0.3) is 0 Å². The fraction of sp³-hybridized carbons (Fsp3) is 0.375. The summed E-state index contributed by atoms with van der Waals surface area (Å²) in [6.07, 6.45) is 7.05. The number of carbonyl (C=O) groups is 1. The van der Waals surface area contributed by atoms with E-state index in [-0.39, 0.29) is 0 Å². The van der Waals surface area contributed by atoms with Gasteiger partial charge < -0.3 is 4.79 Å². The molecule has 1 nitrogen and oxygen atoms in total. The Labute approximate surface area is 56.1 Å². The van der Waals surface area contributed by atoms with Crippen LogP contribution in [0.4, 0.5) is 0 Å². The Balaban J connectivity index is 3.47. The van der Waals surface area contributed by atoms with Gasteiger partial charge in [0.15, 0.2) is 0 Å². The molecule has 0 fully saturated rings. The fourth-order valence-electron chi connectivity index (χ4n) is 0.499. The van der Waals surface area contributed by atoms with Gasteiger partial charge in [-0.3, -0.25) is 0 Å². The molecule has 1 heteroatoms. The molecule has 0 aromatic carbocycles. The number of aldehydes is 1. The Morgan fingerprint density at radius 2 is 2.33 bits per heavy atom. The lowest BCUT2D eigenvalue weighted by Crippen LogP contribution is -1.88. The molecule has 0 N–H and O–H groups in total. The molecule has 0 rings (SSSR count). The number of hydrogen-bond acceptors (Lipinski definition) is 1. The molecule has 0 aliphatic heterocycles. The van der Waals surface area contributed by atoms with Gasteiger partial charge in [0, 0.05) is 6.42 Å². The van der Waals surface area contributed by atoms with E-state index in [0.29, 0.717) is 12.3 Å². The first kappa shape index (κ1) is 8.15. The molecule has 0 amide bonds. The maximum Gasteiger partial charge on any atom is 0.120 e. The third-order valence-corrected chi connectivity index (χ3v) is 1.04. The topological polar surface area (TPSA) is 17.1 Å². The average molecular weight is 124 g/mol. The van der Waals surface area contributed by atoms with Crippen LogP contribution in [-0.2, 0) is 4.79 Å². The molecule has 1 unspecified atom stereocenters. The number of rotatable bonds is 4. The van der Waals surface area contributed by atoms with Crippen molar-refractivity contribution in [3.05, 3.63) is 24.8 Å². The summed E-state index contributed by atoms with van der Waals surface area (Å²) in [5.41, 5.74) is 0. The highest BCUT2D eigenvalue weighted by molar-refractivity contribution is 5.50. The Kier molecular flexibility index (Phi) is 4.79. The zero-order chi connectivity index (χ0) is 7.11. The van der Waals surface area contributed by atoms with Crippen LogP contribution in [-0.4, -0.2) is 6.29 Å². The van der Waals surface area contributed by atoms with Crippen LogP contribution in [0.1, 0.15) is 13.3 Å². The van der Waals surface area contributed by atoms with Crippen molar-refractivity contribution in [2.45, 2.75) is 13.3 Å². The molecular weight excluding hydrogens is 112 g/mol. The zero-order valence-corrected chi connectivity index (χ0v) is 5.71. The summed E-state index contributed by atoms with van der Waals surface area (Å²) >= 11 is 0. The van der Waals surface area contributed by atoms with Crippen molar-refractivity contribution >= 4 is 6.29 Å². The van der Waals surface area contributed by atoms with Gasteiger partial charge in [0.1, 0.15) is 6.29 Å². The summed E-state index contributed by atoms with van der Waals surface area (Å²) in [6, 6.07) is 0. The van der Waals surface area contributed by atoms with E-state index in [1.165, 1.54) is 0 Å². The van der Waals surface area contributed by atoms with E-state index in [9.17, 15) is 4.79 Å². The van der Waals surface area contributed by atoms with Gasteiger partial charge in [-0.05, 0) is 5.92 Å². The second kappa shape index (κ2) is 5.29. The van der Waals surface area contributed by atoms with Crippen molar-refractivity contribution in [1.29, 1.82) is 0 Å². The van der Waals surface area contributed by atoms with Gasteiger partial charge in [-0.2, -0.15) is 0 Å². The number of carbonyl (C=O) groups excluding carboxylic acids is 1. The molecule has 50 valence electrons. The predicted octanol–water partition coefficient (Wildman–Crippen LogP) is 1.95. The van der Waals surface area contributed by atoms with Gasteiger partial charge >= 0.3 is 0 Å². The van der Waals surface area contributed by atoms with Crippen molar-refractivity contribution in [3.8, 4) is 0 Å². The Morgan fingerprint density at radius 1 is 1.67 bits per heavy atom. The average Bonchev–Trinajstić information content (AvgIpc) is 1.85. The number of allylic oxidation sites excluding steroid dienone is 3. The van der Waals surface area contributed by atoms with Crippen molar-refractivity contribution in [2.24, 2.45) is 5.92 Å². The van der Waals surface area contributed by atoms with Gasteiger partial charge in [0.2, 0.25) is 0 Å². The van der Waals surface area contributed by atoms with Gasteiger partial charge in [-0.25, -0.2) is 0 Å². The van der Waals surface area contributed by atoms with E-state index < -0.39 is 0 Å². The highest BCUT2D eigenvalue weighted by atomic mass is 16.1. The van der Waals surface area contributed by atoms with Crippen molar-refractivity contribution < 1.29 is 4.79 Å². The first-order chi connectivity index (χ1) is 4.31. The normalized spacial score (nSPS) is 13.4. The summed E-state index contributed by atoms with van der Waals surface area (Å²) in [4.78, 5) is 9.92. The molecule has 0 aromatic heterocycles. The van der Waals surface area contributed by atoms with E-state index in [0.717, 1.165) is 6.29 Å². The molecule has 0 saturated carbocycles. The lowest BCUT2D eigenvalue weighted by molar-refractivity contribution is -0.108. The smallest absolute Gasteiger partial charge is 0.120 e. The Morgan fingerprint density at radius 3 is 2.78 bits per heavy atom. The molecule has 0 heterocycles. The minimum absolute atomic E-state index is 0.348. The third kappa shape index (κ3) is 5.01. The molecule has 0 aliphatic rings. The molecule has 0 aliphatic carbocycles. The molecule has 0 spiro atoms. The summed E-state index contributed by atoms with van der Waals surface area (Å²) in [6.45, 7) is 5.51. The third-order valence-electron chi connectivity index (χ3n) is 1.04. The molecular formula is C8H12O. The van der Waals surface area contributed by atoms with Crippen LogP contribution < -0.4 is 0 Å². The van der Waals surface area contributed by atoms with Crippen LogP contribution >= 0.6 is 0 Å². The predicted molar refractivity (Wildman–Crippen MR) is 39.2 cm³/mol. The quantitative estimate of drug-likeness (QED) is 0.413. The highest BCUT2D eigenvalue weighted by Crippen LogP contribution is 1.99. The van der Waals surface area contributed by atoms with E-state index in [4.69, 9.17) is 0 Å². The molecule has 1 atom stereocenters. The molecule has 0 radical (unpaired) electrons. The summed E-state index contributed by atoms with van der Waals surface area (Å²) < 4.78 is 0. The molecule has 9 heavy (non-hydrogen) atoms. The van der Waals surface area contributed by atoms with E-state index >= 15 is 0 Å². The van der Waals surface area contributed by atoms with E-state index in [1.54, 1.807) is 6.08 Å². The minimum atomic E-state index is 0.348. The lowest BCUT2D eigenvalue weighted by Gasteiger charge is -1.95. The Bertz CT molecular complexity index is 114. The van der Waals surface area contributed by atoms with Crippen molar-refractivity contribution in [1.82, 2.24) is 0 Å². The summed E-state index contributed by atoms with van der Waals surface area (Å²) in [5, 5.41) is 0. The summed E-state index contributed by atoms with van der Waals surface area (Å²) in [7, 11) is 0. The van der Waals surface area contributed by atoms with Crippen molar-refractivity contribution in [3.63, 3.8) is 0 Å². The monoisotopic (exact) mass is 124 g/mol. The standard InChI is InChI=1S/C8H12O/c1-3-4-5-8(2)6-7-9/h3-5,7-8H,1,6H2,2H3/b5-4-. The fourth-order valence-corrected chi connectivity index (χ4v) is 0.499. The van der Waals surface area contributed by atoms with Gasteiger partial charge in [0.25, 0.3) is 0 Å². The van der Waals surface area contributed by atoms with Crippen LogP contribution in [0.5, 0.6) is 0 Å². The van der Waals surface area contributed by atoms with E-state index in [1.807, 2.05) is 19.1 Å². The first-order valence-electron chi connectivity index (χ1n) is 3.04. The Hall–Kier alpha value is -0.850.